The Bertz CT molecular complexity index is 1200. The minimum absolute atomic E-state index is 0.0110. The van der Waals surface area contributed by atoms with Crippen molar-refractivity contribution in [2.24, 2.45) is 0 Å². The molecule has 3 rings (SSSR count). The van der Waals surface area contributed by atoms with Gasteiger partial charge in [-0.3, -0.25) is 9.59 Å². The van der Waals surface area contributed by atoms with Gasteiger partial charge in [0.15, 0.2) is 11.3 Å². The Morgan fingerprint density at radius 1 is 1.00 bits per heavy atom. The first kappa shape index (κ1) is 27.6. The van der Waals surface area contributed by atoms with Gasteiger partial charge in [0.1, 0.15) is 6.54 Å². The Labute approximate surface area is 210 Å². The topological polar surface area (TPSA) is 79.5 Å². The third-order valence-electron chi connectivity index (χ3n) is 5.09. The first-order chi connectivity index (χ1) is 16.6. The van der Waals surface area contributed by atoms with E-state index >= 15 is 0 Å². The summed E-state index contributed by atoms with van der Waals surface area (Å²) in [6.45, 7) is -0.761. The highest BCUT2D eigenvalue weighted by Crippen LogP contribution is 2.46. The van der Waals surface area contributed by atoms with E-state index in [1.165, 1.54) is 31.2 Å². The number of amides is 2. The van der Waals surface area contributed by atoms with Gasteiger partial charge >= 0.3 is 12.4 Å². The van der Waals surface area contributed by atoms with Gasteiger partial charge in [-0.1, -0.05) is 29.3 Å². The van der Waals surface area contributed by atoms with Crippen molar-refractivity contribution >= 4 is 40.8 Å². The lowest BCUT2D eigenvalue weighted by Crippen LogP contribution is -2.49. The maximum atomic E-state index is 14.2. The second kappa shape index (κ2) is 10.2. The van der Waals surface area contributed by atoms with Gasteiger partial charge in [0, 0.05) is 21.2 Å². The molecule has 2 amide bonds. The third-order valence-corrected chi connectivity index (χ3v) is 5.52. The number of halogens is 8. The Balaban J connectivity index is 1.81. The molecule has 0 aromatic heterocycles. The molecule has 14 heteroatoms. The molecule has 2 aromatic carbocycles. The molecule has 0 aliphatic carbocycles. The van der Waals surface area contributed by atoms with Crippen LogP contribution in [0.15, 0.2) is 42.5 Å². The Morgan fingerprint density at radius 2 is 1.64 bits per heavy atom. The molecule has 0 spiro atoms. The molecule has 1 aliphatic heterocycles. The molecule has 0 radical (unpaired) electrons. The van der Waals surface area contributed by atoms with E-state index in [0.717, 1.165) is 18.2 Å². The molecular formula is C22H17Cl2F6N3O3. The minimum Gasteiger partial charge on any atom is -0.407 e. The number of hydrogen-bond acceptors (Lipinski definition) is 4. The first-order valence-electron chi connectivity index (χ1n) is 10.0. The van der Waals surface area contributed by atoms with Crippen LogP contribution in [0.1, 0.15) is 27.0 Å². The summed E-state index contributed by atoms with van der Waals surface area (Å²) in [7, 11) is 0. The Kier molecular flexibility index (Phi) is 7.82. The van der Waals surface area contributed by atoms with Crippen molar-refractivity contribution in [2.75, 3.05) is 13.1 Å². The molecule has 0 fully saturated rings. The van der Waals surface area contributed by atoms with Gasteiger partial charge in [0.05, 0.1) is 6.54 Å². The largest absolute Gasteiger partial charge is 0.417 e. The van der Waals surface area contributed by atoms with Gasteiger partial charge in [-0.15, -0.1) is 5.48 Å². The lowest BCUT2D eigenvalue weighted by molar-refractivity contribution is -0.201. The number of carbonyl (C=O) groups is 2. The third kappa shape index (κ3) is 6.23. The molecule has 1 heterocycles. The van der Waals surface area contributed by atoms with Crippen LogP contribution in [-0.2, 0) is 15.2 Å². The normalized spacial score (nSPS) is 17.9. The highest BCUT2D eigenvalue weighted by Gasteiger charge is 2.58. The molecule has 0 saturated carbocycles. The number of alkyl halides is 6. The predicted octanol–water partition coefficient (Wildman–Crippen LogP) is 5.04. The van der Waals surface area contributed by atoms with E-state index in [1.807, 2.05) is 5.48 Å². The fourth-order valence-electron chi connectivity index (χ4n) is 3.35. The zero-order valence-corrected chi connectivity index (χ0v) is 19.7. The predicted molar refractivity (Wildman–Crippen MR) is 119 cm³/mol. The molecule has 3 N–H and O–H groups in total. The van der Waals surface area contributed by atoms with E-state index in [9.17, 15) is 35.9 Å². The van der Waals surface area contributed by atoms with Gasteiger partial charge < -0.3 is 15.5 Å². The van der Waals surface area contributed by atoms with Gasteiger partial charge in [0.2, 0.25) is 5.91 Å². The summed E-state index contributed by atoms with van der Waals surface area (Å²) in [5.74, 6) is -2.00. The SMILES string of the molecule is Cc1cc(C2=CC(c3cc(Cl)cc(Cl)c3)(C(F)(F)F)NO2)ccc1C(=O)NCC(=O)NCC(F)(F)F. The first-order valence-corrected chi connectivity index (χ1v) is 10.8. The van der Waals surface area contributed by atoms with Crippen molar-refractivity contribution in [1.29, 1.82) is 0 Å². The van der Waals surface area contributed by atoms with E-state index < -0.39 is 42.8 Å². The molecular weight excluding hydrogens is 539 g/mol. The van der Waals surface area contributed by atoms with Crippen LogP contribution in [0.3, 0.4) is 0 Å². The fraction of sp³-hybridized carbons (Fsp3) is 0.273. The average molecular weight is 556 g/mol. The number of rotatable bonds is 6. The minimum atomic E-state index is -4.86. The van der Waals surface area contributed by atoms with Crippen LogP contribution in [0.4, 0.5) is 26.3 Å². The zero-order valence-electron chi connectivity index (χ0n) is 18.2. The molecule has 6 nitrogen and oxygen atoms in total. The van der Waals surface area contributed by atoms with Crippen LogP contribution in [0.25, 0.3) is 5.76 Å². The summed E-state index contributed by atoms with van der Waals surface area (Å²) in [4.78, 5) is 29.0. The summed E-state index contributed by atoms with van der Waals surface area (Å²) in [5, 5.41) is 3.77. The molecule has 1 atom stereocenters. The molecule has 194 valence electrons. The van der Waals surface area contributed by atoms with Gasteiger partial charge in [-0.25, -0.2) is 0 Å². The monoisotopic (exact) mass is 555 g/mol. The van der Waals surface area contributed by atoms with Crippen LogP contribution >= 0.6 is 23.2 Å². The summed E-state index contributed by atoms with van der Waals surface area (Å²) in [6.07, 6.45) is -8.64. The summed E-state index contributed by atoms with van der Waals surface area (Å²) >= 11 is 11.8. The molecule has 0 bridgehead atoms. The quantitative estimate of drug-likeness (QED) is 0.436. The Morgan fingerprint density at radius 3 is 2.19 bits per heavy atom. The standard InChI is InChI=1S/C22H17Cl2F6N3O3/c1-11-4-12(2-3-16(11)19(35)31-9-18(34)32-10-21(25,26)27)17-8-20(33-36-17,22(28,29)30)13-5-14(23)7-15(24)6-13/h2-8,33H,9-10H2,1H3,(H,31,35)(H,32,34). The van der Waals surface area contributed by atoms with Crippen LogP contribution in [-0.4, -0.2) is 37.3 Å². The highest BCUT2D eigenvalue weighted by molar-refractivity contribution is 6.34. The van der Waals surface area contributed by atoms with Crippen molar-refractivity contribution in [2.45, 2.75) is 24.8 Å². The second-order valence-electron chi connectivity index (χ2n) is 7.78. The van der Waals surface area contributed by atoms with E-state index in [2.05, 4.69) is 5.32 Å². The smallest absolute Gasteiger partial charge is 0.407 e. The number of hydrogen-bond donors (Lipinski definition) is 3. The average Bonchev–Trinajstić information content (AvgIpc) is 3.22. The number of nitrogens with one attached hydrogen (secondary N) is 3. The number of benzene rings is 2. The lowest BCUT2D eigenvalue weighted by Gasteiger charge is -2.29. The summed E-state index contributed by atoms with van der Waals surface area (Å²) < 4.78 is 78.9. The molecule has 36 heavy (non-hydrogen) atoms. The zero-order chi connectivity index (χ0) is 26.9. The van der Waals surface area contributed by atoms with Crippen molar-refractivity contribution < 1.29 is 40.8 Å². The molecule has 0 saturated heterocycles. The summed E-state index contributed by atoms with van der Waals surface area (Å²) in [5.41, 5.74) is -0.510. The number of carbonyl (C=O) groups excluding carboxylic acids is 2. The second-order valence-corrected chi connectivity index (χ2v) is 8.65. The van der Waals surface area contributed by atoms with Crippen LogP contribution in [0.2, 0.25) is 10.0 Å². The van der Waals surface area contributed by atoms with Crippen molar-refractivity contribution in [3.8, 4) is 0 Å². The Hall–Kier alpha value is -2.96. The number of hydroxylamine groups is 1. The van der Waals surface area contributed by atoms with Crippen molar-refractivity contribution in [1.82, 2.24) is 16.1 Å². The summed E-state index contributed by atoms with van der Waals surface area (Å²) in [6, 6.07) is 7.45. The lowest BCUT2D eigenvalue weighted by atomic mass is 9.89. The molecule has 1 aliphatic rings. The van der Waals surface area contributed by atoms with E-state index in [0.29, 0.717) is 5.56 Å². The maximum Gasteiger partial charge on any atom is 0.417 e. The highest BCUT2D eigenvalue weighted by atomic mass is 35.5. The van der Waals surface area contributed by atoms with Crippen LogP contribution in [0.5, 0.6) is 0 Å². The molecule has 1 unspecified atom stereocenters. The number of aryl methyl sites for hydroxylation is 1. The van der Waals surface area contributed by atoms with Gasteiger partial charge in [-0.05, 0) is 54.5 Å². The van der Waals surface area contributed by atoms with E-state index in [-0.39, 0.29) is 32.5 Å². The maximum absolute atomic E-state index is 14.2. The van der Waals surface area contributed by atoms with Gasteiger partial charge in [0.25, 0.3) is 5.91 Å². The van der Waals surface area contributed by atoms with Gasteiger partial charge in [-0.2, -0.15) is 26.3 Å². The van der Waals surface area contributed by atoms with Crippen molar-refractivity contribution in [3.05, 3.63) is 74.8 Å². The van der Waals surface area contributed by atoms with Crippen LogP contribution in [0, 0.1) is 6.92 Å². The van der Waals surface area contributed by atoms with E-state index in [4.69, 9.17) is 28.0 Å². The van der Waals surface area contributed by atoms with Crippen molar-refractivity contribution in [3.63, 3.8) is 0 Å². The molecule has 2 aromatic rings. The van der Waals surface area contributed by atoms with Crippen LogP contribution < -0.4 is 16.1 Å². The van der Waals surface area contributed by atoms with E-state index in [1.54, 1.807) is 5.32 Å². The fourth-order valence-corrected chi connectivity index (χ4v) is 3.88.